The molecule has 0 fully saturated rings. The molecule has 4 rings (SSSR count). The van der Waals surface area contributed by atoms with Gasteiger partial charge in [-0.3, -0.25) is 9.59 Å². The minimum atomic E-state index is -0.344. The predicted molar refractivity (Wildman–Crippen MR) is 109 cm³/mol. The average molecular weight is 371 g/mol. The summed E-state index contributed by atoms with van der Waals surface area (Å²) in [5.74, 6) is 0.0955. The number of aryl methyl sites for hydroxylation is 1. The van der Waals surface area contributed by atoms with Crippen molar-refractivity contribution in [1.29, 1.82) is 0 Å². The van der Waals surface area contributed by atoms with Crippen LogP contribution in [0.2, 0.25) is 0 Å². The lowest BCUT2D eigenvalue weighted by Gasteiger charge is -2.08. The summed E-state index contributed by atoms with van der Waals surface area (Å²) in [6, 6.07) is 20.2. The van der Waals surface area contributed by atoms with Crippen LogP contribution in [0.3, 0.4) is 0 Å². The standard InChI is InChI=1S/C23H17NO4/c1-14-6-11-21-17(12-14)20(26)13-22(28-21)15-7-9-16(10-8-15)23(27)24-18-4-2-3-5-19(18)25/h2-13,25H,1H3,(H,24,27). The molecule has 0 saturated carbocycles. The van der Waals surface area contributed by atoms with Gasteiger partial charge in [-0.25, -0.2) is 0 Å². The molecular formula is C23H17NO4. The van der Waals surface area contributed by atoms with Gasteiger partial charge >= 0.3 is 0 Å². The monoisotopic (exact) mass is 371 g/mol. The van der Waals surface area contributed by atoms with E-state index in [0.717, 1.165) is 5.56 Å². The zero-order valence-corrected chi connectivity index (χ0v) is 15.1. The van der Waals surface area contributed by atoms with Crippen LogP contribution in [0, 0.1) is 6.92 Å². The van der Waals surface area contributed by atoms with E-state index in [0.29, 0.717) is 33.5 Å². The third-order valence-corrected chi connectivity index (χ3v) is 4.47. The van der Waals surface area contributed by atoms with E-state index in [9.17, 15) is 14.7 Å². The third kappa shape index (κ3) is 3.38. The summed E-state index contributed by atoms with van der Waals surface area (Å²) < 4.78 is 5.86. The first-order chi connectivity index (χ1) is 13.5. The number of benzene rings is 3. The maximum atomic E-state index is 12.4. The van der Waals surface area contributed by atoms with E-state index < -0.39 is 0 Å². The first-order valence-corrected chi connectivity index (χ1v) is 8.75. The van der Waals surface area contributed by atoms with Crippen molar-refractivity contribution in [2.75, 3.05) is 5.32 Å². The lowest BCUT2D eigenvalue weighted by molar-refractivity contribution is 0.102. The highest BCUT2D eigenvalue weighted by Gasteiger charge is 2.11. The van der Waals surface area contributed by atoms with Gasteiger partial charge in [-0.15, -0.1) is 0 Å². The molecule has 0 aliphatic heterocycles. The SMILES string of the molecule is Cc1ccc2oc(-c3ccc(C(=O)Nc4ccccc4O)cc3)cc(=O)c2c1. The number of rotatable bonds is 3. The number of phenolic OH excluding ortho intramolecular Hbond substituents is 1. The van der Waals surface area contributed by atoms with Gasteiger partial charge in [0.2, 0.25) is 0 Å². The average Bonchev–Trinajstić information content (AvgIpc) is 2.70. The normalized spacial score (nSPS) is 10.8. The van der Waals surface area contributed by atoms with Gasteiger partial charge in [0.1, 0.15) is 17.1 Å². The van der Waals surface area contributed by atoms with E-state index in [1.165, 1.54) is 12.1 Å². The molecule has 0 aliphatic rings. The lowest BCUT2D eigenvalue weighted by atomic mass is 10.1. The quantitative estimate of drug-likeness (QED) is 0.511. The Morgan fingerprint density at radius 2 is 1.71 bits per heavy atom. The molecule has 1 aromatic heterocycles. The molecule has 0 saturated heterocycles. The molecule has 28 heavy (non-hydrogen) atoms. The fourth-order valence-corrected chi connectivity index (χ4v) is 2.97. The number of carbonyl (C=O) groups excluding carboxylic acids is 1. The van der Waals surface area contributed by atoms with Crippen molar-refractivity contribution in [3.8, 4) is 17.1 Å². The van der Waals surface area contributed by atoms with Gasteiger partial charge in [-0.1, -0.05) is 35.9 Å². The molecule has 0 aliphatic carbocycles. The van der Waals surface area contributed by atoms with Crippen molar-refractivity contribution in [2.45, 2.75) is 6.92 Å². The minimum absolute atomic E-state index is 0.000598. The zero-order chi connectivity index (χ0) is 19.7. The Morgan fingerprint density at radius 1 is 0.964 bits per heavy atom. The van der Waals surface area contributed by atoms with Crippen LogP contribution in [0.25, 0.3) is 22.3 Å². The Bertz CT molecular complexity index is 1240. The first-order valence-electron chi connectivity index (χ1n) is 8.75. The van der Waals surface area contributed by atoms with Crippen molar-refractivity contribution in [3.05, 3.63) is 94.1 Å². The predicted octanol–water partition coefficient (Wildman–Crippen LogP) is 4.73. The van der Waals surface area contributed by atoms with Crippen molar-refractivity contribution in [2.24, 2.45) is 0 Å². The van der Waals surface area contributed by atoms with Crippen LogP contribution < -0.4 is 10.7 Å². The summed E-state index contributed by atoms with van der Waals surface area (Å²) in [6.45, 7) is 1.92. The molecule has 1 heterocycles. The van der Waals surface area contributed by atoms with Gasteiger partial charge in [0, 0.05) is 17.2 Å². The van der Waals surface area contributed by atoms with E-state index >= 15 is 0 Å². The van der Waals surface area contributed by atoms with Gasteiger partial charge in [0.25, 0.3) is 5.91 Å². The number of fused-ring (bicyclic) bond motifs is 1. The maximum absolute atomic E-state index is 12.4. The summed E-state index contributed by atoms with van der Waals surface area (Å²) in [7, 11) is 0. The smallest absolute Gasteiger partial charge is 0.255 e. The molecule has 0 atom stereocenters. The number of para-hydroxylation sites is 2. The summed E-state index contributed by atoms with van der Waals surface area (Å²) in [5, 5.41) is 13.0. The maximum Gasteiger partial charge on any atom is 0.255 e. The van der Waals surface area contributed by atoms with Crippen LogP contribution in [-0.2, 0) is 0 Å². The van der Waals surface area contributed by atoms with E-state index in [-0.39, 0.29) is 17.1 Å². The topological polar surface area (TPSA) is 79.5 Å². The molecule has 2 N–H and O–H groups in total. The summed E-state index contributed by atoms with van der Waals surface area (Å²) in [6.07, 6.45) is 0. The lowest BCUT2D eigenvalue weighted by Crippen LogP contribution is -2.11. The number of amides is 1. The van der Waals surface area contributed by atoms with Crippen molar-refractivity contribution in [1.82, 2.24) is 0 Å². The number of hydrogen-bond acceptors (Lipinski definition) is 4. The van der Waals surface area contributed by atoms with Crippen molar-refractivity contribution in [3.63, 3.8) is 0 Å². The van der Waals surface area contributed by atoms with Gasteiger partial charge in [-0.2, -0.15) is 0 Å². The van der Waals surface area contributed by atoms with E-state index in [2.05, 4.69) is 5.32 Å². The number of nitrogens with one attached hydrogen (secondary N) is 1. The highest BCUT2D eigenvalue weighted by atomic mass is 16.3. The molecule has 1 amide bonds. The molecule has 3 aromatic carbocycles. The van der Waals surface area contributed by atoms with Gasteiger partial charge < -0.3 is 14.8 Å². The Morgan fingerprint density at radius 3 is 2.46 bits per heavy atom. The summed E-state index contributed by atoms with van der Waals surface area (Å²) >= 11 is 0. The molecule has 0 unspecified atom stereocenters. The second-order valence-corrected chi connectivity index (χ2v) is 6.52. The van der Waals surface area contributed by atoms with Gasteiger partial charge in [-0.05, 0) is 43.3 Å². The van der Waals surface area contributed by atoms with E-state index in [1.54, 1.807) is 54.6 Å². The molecule has 4 aromatic rings. The minimum Gasteiger partial charge on any atom is -0.506 e. The summed E-state index contributed by atoms with van der Waals surface area (Å²) in [4.78, 5) is 24.8. The van der Waals surface area contributed by atoms with Crippen LogP contribution in [0.5, 0.6) is 5.75 Å². The first kappa shape index (κ1) is 17.5. The Kier molecular flexibility index (Phi) is 4.41. The van der Waals surface area contributed by atoms with Crippen LogP contribution in [0.15, 0.2) is 82.0 Å². The second kappa shape index (κ2) is 7.04. The Balaban J connectivity index is 1.62. The molecule has 5 nitrogen and oxygen atoms in total. The number of phenols is 1. The molecule has 138 valence electrons. The van der Waals surface area contributed by atoms with Crippen LogP contribution >= 0.6 is 0 Å². The number of anilines is 1. The molecule has 5 heteroatoms. The largest absolute Gasteiger partial charge is 0.506 e. The number of carbonyl (C=O) groups is 1. The van der Waals surface area contributed by atoms with Gasteiger partial charge in [0.15, 0.2) is 5.43 Å². The van der Waals surface area contributed by atoms with Crippen LogP contribution in [0.4, 0.5) is 5.69 Å². The molecule has 0 radical (unpaired) electrons. The fourth-order valence-electron chi connectivity index (χ4n) is 2.97. The molecule has 0 spiro atoms. The van der Waals surface area contributed by atoms with Crippen LogP contribution in [0.1, 0.15) is 15.9 Å². The van der Waals surface area contributed by atoms with Crippen molar-refractivity contribution < 1.29 is 14.3 Å². The van der Waals surface area contributed by atoms with E-state index in [1.807, 2.05) is 13.0 Å². The van der Waals surface area contributed by atoms with Crippen LogP contribution in [-0.4, -0.2) is 11.0 Å². The highest BCUT2D eigenvalue weighted by Crippen LogP contribution is 2.25. The Labute approximate surface area is 160 Å². The summed E-state index contributed by atoms with van der Waals surface area (Å²) in [5.41, 5.74) is 2.86. The molecular weight excluding hydrogens is 354 g/mol. The molecule has 0 bridgehead atoms. The third-order valence-electron chi connectivity index (χ3n) is 4.47. The number of hydrogen-bond donors (Lipinski definition) is 2. The zero-order valence-electron chi connectivity index (χ0n) is 15.1. The second-order valence-electron chi connectivity index (χ2n) is 6.52. The van der Waals surface area contributed by atoms with Gasteiger partial charge in [0.05, 0.1) is 11.1 Å². The fraction of sp³-hybridized carbons (Fsp3) is 0.0435. The van der Waals surface area contributed by atoms with E-state index in [4.69, 9.17) is 4.42 Å². The number of aromatic hydroxyl groups is 1. The highest BCUT2D eigenvalue weighted by molar-refractivity contribution is 6.05. The Hall–Kier alpha value is -3.86. The van der Waals surface area contributed by atoms with Crippen molar-refractivity contribution >= 4 is 22.6 Å².